The quantitative estimate of drug-likeness (QED) is 0.817. The van der Waals surface area contributed by atoms with E-state index in [2.05, 4.69) is 41.4 Å². The summed E-state index contributed by atoms with van der Waals surface area (Å²) < 4.78 is 5.21. The van der Waals surface area contributed by atoms with Gasteiger partial charge in [0, 0.05) is 17.4 Å². The van der Waals surface area contributed by atoms with Crippen molar-refractivity contribution in [2.75, 3.05) is 19.0 Å². The Bertz CT molecular complexity index is 901. The van der Waals surface area contributed by atoms with Crippen molar-refractivity contribution in [1.82, 2.24) is 4.90 Å². The predicted octanol–water partition coefficient (Wildman–Crippen LogP) is 3.34. The molecule has 0 aromatic heterocycles. The minimum Gasteiger partial charge on any atom is -0.466 e. The number of fused-ring (bicyclic) bond motifs is 1. The van der Waals surface area contributed by atoms with E-state index in [1.165, 1.54) is 12.7 Å². The number of nitrogens with one attached hydrogen (secondary N) is 1. The zero-order valence-corrected chi connectivity index (χ0v) is 15.9. The number of para-hydroxylation sites is 1. The van der Waals surface area contributed by atoms with Gasteiger partial charge in [0.05, 0.1) is 30.2 Å². The Morgan fingerprint density at radius 1 is 1.44 bits per heavy atom. The molecule has 5 heteroatoms. The molecule has 0 unspecified atom stereocenters. The van der Waals surface area contributed by atoms with Crippen LogP contribution >= 0.6 is 0 Å². The fraction of sp³-hybridized carbons (Fsp3) is 0.545. The Balaban J connectivity index is 1.84. The maximum Gasteiger partial charge on any atom is 0.335 e. The molecule has 0 radical (unpaired) electrons. The van der Waals surface area contributed by atoms with Gasteiger partial charge in [-0.15, -0.1) is 0 Å². The van der Waals surface area contributed by atoms with Gasteiger partial charge < -0.3 is 10.1 Å². The lowest BCUT2D eigenvalue weighted by Crippen LogP contribution is -2.60. The molecule has 5 rings (SSSR count). The third-order valence-electron chi connectivity index (χ3n) is 7.61. The number of hydrogen-bond acceptors (Lipinski definition) is 5. The summed E-state index contributed by atoms with van der Waals surface area (Å²) in [6.07, 6.45) is 4.66. The molecule has 3 heterocycles. The molecule has 2 saturated heterocycles. The van der Waals surface area contributed by atoms with Crippen molar-refractivity contribution in [1.29, 1.82) is 5.26 Å². The van der Waals surface area contributed by atoms with Crippen LogP contribution < -0.4 is 5.32 Å². The van der Waals surface area contributed by atoms with Crippen molar-refractivity contribution in [2.45, 2.75) is 56.5 Å². The topological polar surface area (TPSA) is 65.4 Å². The average molecular weight is 363 g/mol. The van der Waals surface area contributed by atoms with Crippen molar-refractivity contribution < 1.29 is 9.53 Å². The van der Waals surface area contributed by atoms with E-state index in [1.807, 2.05) is 6.07 Å². The van der Waals surface area contributed by atoms with Gasteiger partial charge in [0.25, 0.3) is 0 Å². The summed E-state index contributed by atoms with van der Waals surface area (Å²) in [6.45, 7) is 3.21. The zero-order valence-electron chi connectivity index (χ0n) is 15.9. The highest BCUT2D eigenvalue weighted by atomic mass is 16.5. The summed E-state index contributed by atoms with van der Waals surface area (Å²) in [7, 11) is 1.47. The fourth-order valence-electron chi connectivity index (χ4n) is 6.65. The highest BCUT2D eigenvalue weighted by Gasteiger charge is 2.68. The summed E-state index contributed by atoms with van der Waals surface area (Å²) in [5.74, 6) is -0.228. The number of hydrogen-bond donors (Lipinski definition) is 1. The number of methoxy groups -OCH3 is 1. The molecule has 4 atom stereocenters. The van der Waals surface area contributed by atoms with Gasteiger partial charge in [-0.25, -0.2) is 4.79 Å². The third kappa shape index (κ3) is 1.89. The number of esters is 1. The molecule has 1 N–H and O–H groups in total. The normalized spacial score (nSPS) is 36.3. The lowest BCUT2D eigenvalue weighted by atomic mass is 9.53. The lowest BCUT2D eigenvalue weighted by molar-refractivity contribution is -0.137. The van der Waals surface area contributed by atoms with E-state index >= 15 is 0 Å². The van der Waals surface area contributed by atoms with E-state index in [9.17, 15) is 10.1 Å². The first kappa shape index (κ1) is 16.8. The third-order valence-corrected chi connectivity index (χ3v) is 7.61. The number of piperidine rings is 1. The first-order chi connectivity index (χ1) is 13.1. The van der Waals surface area contributed by atoms with Crippen LogP contribution in [-0.4, -0.2) is 36.6 Å². The highest BCUT2D eigenvalue weighted by molar-refractivity contribution is 5.93. The highest BCUT2D eigenvalue weighted by Crippen LogP contribution is 2.66. The smallest absolute Gasteiger partial charge is 0.335 e. The van der Waals surface area contributed by atoms with E-state index in [-0.39, 0.29) is 28.9 Å². The monoisotopic (exact) mass is 363 g/mol. The predicted molar refractivity (Wildman–Crippen MR) is 102 cm³/mol. The Morgan fingerprint density at radius 3 is 3.00 bits per heavy atom. The lowest BCUT2D eigenvalue weighted by Gasteiger charge is -2.56. The van der Waals surface area contributed by atoms with Crippen LogP contribution in [-0.2, 0) is 14.9 Å². The van der Waals surface area contributed by atoms with Crippen molar-refractivity contribution in [3.63, 3.8) is 0 Å². The number of benzene rings is 1. The molecular weight excluding hydrogens is 338 g/mol. The molecule has 140 valence electrons. The second-order valence-corrected chi connectivity index (χ2v) is 8.47. The Kier molecular flexibility index (Phi) is 3.48. The molecule has 0 bridgehead atoms. The van der Waals surface area contributed by atoms with Crippen molar-refractivity contribution in [3.8, 4) is 6.07 Å². The fourth-order valence-corrected chi connectivity index (χ4v) is 6.65. The molecule has 3 aliphatic heterocycles. The van der Waals surface area contributed by atoms with Gasteiger partial charge in [-0.05, 0) is 55.7 Å². The van der Waals surface area contributed by atoms with E-state index in [0.29, 0.717) is 0 Å². The second kappa shape index (κ2) is 5.59. The van der Waals surface area contributed by atoms with Crippen molar-refractivity contribution in [3.05, 3.63) is 41.1 Å². The Hall–Kier alpha value is -2.32. The maximum absolute atomic E-state index is 12.8. The summed E-state index contributed by atoms with van der Waals surface area (Å²) in [4.78, 5) is 15.3. The van der Waals surface area contributed by atoms with Crippen molar-refractivity contribution in [2.24, 2.45) is 5.41 Å². The molecule has 1 aliphatic carbocycles. The van der Waals surface area contributed by atoms with Crippen LogP contribution in [0.2, 0.25) is 0 Å². The average Bonchev–Trinajstić information content (AvgIpc) is 3.24. The number of carbonyl (C=O) groups excluding carboxylic acids is 1. The summed E-state index contributed by atoms with van der Waals surface area (Å²) in [5, 5.41) is 13.5. The van der Waals surface area contributed by atoms with E-state index < -0.39 is 0 Å². The minimum absolute atomic E-state index is 0.00993. The van der Waals surface area contributed by atoms with Gasteiger partial charge in [0.1, 0.15) is 0 Å². The molecule has 5 nitrogen and oxygen atoms in total. The van der Waals surface area contributed by atoms with Crippen LogP contribution in [0.1, 0.15) is 44.6 Å². The molecule has 0 saturated carbocycles. The van der Waals surface area contributed by atoms with Crippen LogP contribution in [0.5, 0.6) is 0 Å². The van der Waals surface area contributed by atoms with Crippen LogP contribution in [0.15, 0.2) is 35.5 Å². The van der Waals surface area contributed by atoms with Gasteiger partial charge in [-0.3, -0.25) is 4.90 Å². The molecule has 0 amide bonds. The Morgan fingerprint density at radius 2 is 2.26 bits per heavy atom. The van der Waals surface area contributed by atoms with Crippen molar-refractivity contribution >= 4 is 11.7 Å². The van der Waals surface area contributed by atoms with Crippen LogP contribution in [0, 0.1) is 16.7 Å². The van der Waals surface area contributed by atoms with Crippen LogP contribution in [0.3, 0.4) is 0 Å². The molecule has 1 spiro atoms. The Labute approximate surface area is 160 Å². The summed E-state index contributed by atoms with van der Waals surface area (Å²) >= 11 is 0. The van der Waals surface area contributed by atoms with Gasteiger partial charge in [0.2, 0.25) is 0 Å². The first-order valence-corrected chi connectivity index (χ1v) is 9.95. The van der Waals surface area contributed by atoms with Crippen LogP contribution in [0.25, 0.3) is 0 Å². The summed E-state index contributed by atoms with van der Waals surface area (Å²) in [5.41, 5.74) is 3.80. The van der Waals surface area contributed by atoms with E-state index in [0.717, 1.165) is 55.6 Å². The zero-order chi connectivity index (χ0) is 18.8. The van der Waals surface area contributed by atoms with Gasteiger partial charge >= 0.3 is 5.97 Å². The molecule has 27 heavy (non-hydrogen) atoms. The molecular formula is C22H25N3O2. The first-order valence-electron chi connectivity index (χ1n) is 9.95. The molecule has 1 aromatic carbocycles. The number of nitriles is 1. The second-order valence-electron chi connectivity index (χ2n) is 8.47. The SMILES string of the molecule is CC[C@]12CCCN3[C@@H](C#N)C[C@]4(C(=C(C(=O)OC)C1)Nc1ccccc14)[C@@H]32. The minimum atomic E-state index is -0.310. The standard InChI is InChI=1S/C22H25N3O2/c1-3-21-9-6-10-25-14(13-23)11-22(20(21)25)16-7-4-5-8-17(16)24-18(22)15(12-21)19(26)27-2/h4-5,7-8,14,20,24H,3,6,9-12H2,1-2H3/t14-,20+,21+,22+/m1/s1. The number of nitrogens with zero attached hydrogens (tertiary/aromatic N) is 2. The summed E-state index contributed by atoms with van der Waals surface area (Å²) in [6, 6.07) is 11.1. The van der Waals surface area contributed by atoms with E-state index in [1.54, 1.807) is 0 Å². The number of rotatable bonds is 2. The molecule has 4 aliphatic rings. The number of ether oxygens (including phenoxy) is 1. The molecule has 1 aromatic rings. The van der Waals surface area contributed by atoms with Gasteiger partial charge in [-0.2, -0.15) is 5.26 Å². The van der Waals surface area contributed by atoms with E-state index in [4.69, 9.17) is 4.74 Å². The maximum atomic E-state index is 12.8. The molecule has 2 fully saturated rings. The number of carbonyl (C=O) groups is 1. The van der Waals surface area contributed by atoms with Gasteiger partial charge in [0.15, 0.2) is 0 Å². The van der Waals surface area contributed by atoms with Crippen LogP contribution in [0.4, 0.5) is 5.69 Å². The van der Waals surface area contributed by atoms with Gasteiger partial charge in [-0.1, -0.05) is 25.1 Å². The number of anilines is 1. The largest absolute Gasteiger partial charge is 0.466 e.